The summed E-state index contributed by atoms with van der Waals surface area (Å²) in [6.07, 6.45) is 3.41. The number of thioether (sulfide) groups is 1. The van der Waals surface area contributed by atoms with Gasteiger partial charge in [-0.15, -0.1) is 11.8 Å². The van der Waals surface area contributed by atoms with Gasteiger partial charge in [-0.25, -0.2) is 4.68 Å². The van der Waals surface area contributed by atoms with Crippen molar-refractivity contribution in [3.8, 4) is 11.4 Å². The van der Waals surface area contributed by atoms with Gasteiger partial charge in [-0.3, -0.25) is 19.5 Å². The first-order valence-corrected chi connectivity index (χ1v) is 14.6. The maximum atomic E-state index is 13.7. The molecule has 0 fully saturated rings. The molecule has 3 aromatic heterocycles. The number of ether oxygens (including phenoxy) is 1. The molecule has 1 aliphatic heterocycles. The van der Waals surface area contributed by atoms with Gasteiger partial charge in [0.05, 0.1) is 29.5 Å². The number of thiophene rings is 1. The number of amides is 2. The molecule has 1 N–H and O–H groups in total. The van der Waals surface area contributed by atoms with Gasteiger partial charge in [0.1, 0.15) is 18.1 Å². The molecule has 5 rings (SSSR count). The summed E-state index contributed by atoms with van der Waals surface area (Å²) in [7, 11) is 1.62. The van der Waals surface area contributed by atoms with E-state index < -0.39 is 0 Å². The smallest absolute Gasteiger partial charge is 0.240 e. The van der Waals surface area contributed by atoms with Crippen LogP contribution in [0.5, 0.6) is 5.75 Å². The lowest BCUT2D eigenvalue weighted by Gasteiger charge is -2.24. The molecule has 0 radical (unpaired) electrons. The van der Waals surface area contributed by atoms with Gasteiger partial charge in [0.25, 0.3) is 0 Å². The normalized spacial score (nSPS) is 15.5. The number of carbonyl (C=O) groups excluding carboxylic acids is 2. The van der Waals surface area contributed by atoms with Crippen molar-refractivity contribution in [2.24, 2.45) is 0 Å². The molecule has 1 atom stereocenters. The van der Waals surface area contributed by atoms with Crippen LogP contribution in [0.1, 0.15) is 48.4 Å². The van der Waals surface area contributed by atoms with Gasteiger partial charge in [0, 0.05) is 29.9 Å². The van der Waals surface area contributed by atoms with E-state index in [1.807, 2.05) is 41.1 Å². The monoisotopic (exact) mass is 561 g/mol. The van der Waals surface area contributed by atoms with Crippen molar-refractivity contribution >= 4 is 40.7 Å². The van der Waals surface area contributed by atoms with Crippen molar-refractivity contribution in [1.82, 2.24) is 20.1 Å². The fourth-order valence-electron chi connectivity index (χ4n) is 4.57. The zero-order valence-electron chi connectivity index (χ0n) is 22.4. The first-order valence-electron chi connectivity index (χ1n) is 12.6. The van der Waals surface area contributed by atoms with Crippen LogP contribution in [0.2, 0.25) is 0 Å². The molecule has 202 valence electrons. The minimum Gasteiger partial charge on any atom is -0.497 e. The Kier molecular flexibility index (Phi) is 7.76. The maximum Gasteiger partial charge on any atom is 0.240 e. The van der Waals surface area contributed by atoms with Crippen molar-refractivity contribution in [3.05, 3.63) is 88.0 Å². The average Bonchev–Trinajstić information content (AvgIpc) is 3.58. The Hall–Kier alpha value is -3.63. The second-order valence-corrected chi connectivity index (χ2v) is 12.2. The Morgan fingerprint density at radius 1 is 1.18 bits per heavy atom. The summed E-state index contributed by atoms with van der Waals surface area (Å²) < 4.78 is 7.18. The van der Waals surface area contributed by atoms with E-state index in [-0.39, 0.29) is 34.8 Å². The Labute approximate surface area is 236 Å². The van der Waals surface area contributed by atoms with Crippen molar-refractivity contribution in [1.29, 1.82) is 0 Å². The van der Waals surface area contributed by atoms with Crippen LogP contribution < -0.4 is 15.0 Å². The number of nitrogens with zero attached hydrogens (tertiary/aromatic N) is 4. The molecule has 0 saturated heterocycles. The first kappa shape index (κ1) is 27.0. The zero-order chi connectivity index (χ0) is 27.6. The highest BCUT2D eigenvalue weighted by atomic mass is 32.2. The van der Waals surface area contributed by atoms with E-state index in [0.717, 1.165) is 33.8 Å². The van der Waals surface area contributed by atoms with Gasteiger partial charge in [-0.05, 0) is 58.3 Å². The SMILES string of the molecule is COc1ccc(-n2nc(C(C)(C)C)c3c2N(CC(=O)NCc2cccnc2)C(=O)CSC3c2ccsc2)cc1. The number of fused-ring (bicyclic) bond motifs is 1. The largest absolute Gasteiger partial charge is 0.497 e. The van der Waals surface area contributed by atoms with Crippen LogP contribution in [0.4, 0.5) is 5.82 Å². The number of nitrogens with one attached hydrogen (secondary N) is 1. The molecule has 8 nitrogen and oxygen atoms in total. The highest BCUT2D eigenvalue weighted by Crippen LogP contribution is 2.48. The minimum absolute atomic E-state index is 0.0973. The second-order valence-electron chi connectivity index (χ2n) is 10.3. The standard InChI is InChI=1S/C29H31N5O3S2/c1-29(2,3)27-25-26(20-11-13-38-17-20)39-18-24(36)33(16-23(35)31-15-19-6-5-12-30-14-19)28(25)34(32-27)21-7-9-22(37-4)10-8-21/h5-14,17,26H,15-16,18H2,1-4H3,(H,31,35). The molecule has 1 unspecified atom stereocenters. The molecule has 0 aliphatic carbocycles. The number of aromatic nitrogens is 3. The molecular formula is C29H31N5O3S2. The van der Waals surface area contributed by atoms with E-state index >= 15 is 0 Å². The summed E-state index contributed by atoms with van der Waals surface area (Å²) in [6, 6.07) is 13.4. The fraction of sp³-hybridized carbons (Fsp3) is 0.310. The first-order chi connectivity index (χ1) is 18.8. The quantitative estimate of drug-likeness (QED) is 0.337. The summed E-state index contributed by atoms with van der Waals surface area (Å²) >= 11 is 3.21. The molecule has 1 aliphatic rings. The summed E-state index contributed by atoms with van der Waals surface area (Å²) in [6.45, 7) is 6.59. The van der Waals surface area contributed by atoms with Crippen LogP contribution in [-0.4, -0.2) is 46.0 Å². The van der Waals surface area contributed by atoms with Crippen LogP contribution in [0.25, 0.3) is 5.69 Å². The van der Waals surface area contributed by atoms with E-state index in [2.05, 4.69) is 47.9 Å². The maximum absolute atomic E-state index is 13.7. The minimum atomic E-state index is -0.307. The third kappa shape index (κ3) is 5.72. The molecule has 39 heavy (non-hydrogen) atoms. The Bertz CT molecular complexity index is 1440. The Balaban J connectivity index is 1.62. The molecule has 1 aromatic carbocycles. The number of hydrogen-bond donors (Lipinski definition) is 1. The summed E-state index contributed by atoms with van der Waals surface area (Å²) in [5.41, 5.74) is 4.35. The lowest BCUT2D eigenvalue weighted by atomic mass is 9.87. The number of rotatable bonds is 7. The van der Waals surface area contributed by atoms with Crippen molar-refractivity contribution in [2.75, 3.05) is 24.3 Å². The molecular weight excluding hydrogens is 530 g/mol. The van der Waals surface area contributed by atoms with Crippen molar-refractivity contribution in [2.45, 2.75) is 38.0 Å². The molecule has 0 bridgehead atoms. The predicted molar refractivity (Wildman–Crippen MR) is 156 cm³/mol. The molecule has 0 spiro atoms. The van der Waals surface area contributed by atoms with Crippen LogP contribution >= 0.6 is 23.1 Å². The Morgan fingerprint density at radius 3 is 2.62 bits per heavy atom. The van der Waals surface area contributed by atoms with E-state index in [9.17, 15) is 9.59 Å². The third-order valence-corrected chi connectivity index (χ3v) is 8.43. The van der Waals surface area contributed by atoms with Crippen LogP contribution in [0.15, 0.2) is 65.6 Å². The molecule has 4 aromatic rings. The lowest BCUT2D eigenvalue weighted by Crippen LogP contribution is -2.42. The summed E-state index contributed by atoms with van der Waals surface area (Å²) in [5, 5.41) is 12.1. The molecule has 10 heteroatoms. The third-order valence-electron chi connectivity index (χ3n) is 6.48. The van der Waals surface area contributed by atoms with E-state index in [1.165, 1.54) is 0 Å². The number of hydrogen-bond acceptors (Lipinski definition) is 7. The van der Waals surface area contributed by atoms with Crippen LogP contribution in [0, 0.1) is 0 Å². The van der Waals surface area contributed by atoms with Crippen LogP contribution in [0.3, 0.4) is 0 Å². The van der Waals surface area contributed by atoms with Crippen molar-refractivity contribution in [3.63, 3.8) is 0 Å². The van der Waals surface area contributed by atoms with E-state index in [4.69, 9.17) is 9.84 Å². The number of methoxy groups -OCH3 is 1. The molecule has 4 heterocycles. The van der Waals surface area contributed by atoms with Crippen LogP contribution in [-0.2, 0) is 21.5 Å². The summed E-state index contributed by atoms with van der Waals surface area (Å²) in [4.78, 5) is 32.6. The van der Waals surface area contributed by atoms with Gasteiger partial charge in [0.15, 0.2) is 0 Å². The average molecular weight is 562 g/mol. The van der Waals surface area contributed by atoms with Crippen molar-refractivity contribution < 1.29 is 14.3 Å². The number of pyridine rings is 1. The highest BCUT2D eigenvalue weighted by molar-refractivity contribution is 8.00. The topological polar surface area (TPSA) is 89.3 Å². The van der Waals surface area contributed by atoms with Gasteiger partial charge in [-0.1, -0.05) is 26.8 Å². The molecule has 2 amide bonds. The molecule has 0 saturated carbocycles. The van der Waals surface area contributed by atoms with Gasteiger partial charge < -0.3 is 10.1 Å². The van der Waals surface area contributed by atoms with E-state index in [1.54, 1.807) is 47.5 Å². The number of carbonyl (C=O) groups is 2. The number of anilines is 1. The lowest BCUT2D eigenvalue weighted by molar-refractivity contribution is -0.123. The fourth-order valence-corrected chi connectivity index (χ4v) is 6.53. The predicted octanol–water partition coefficient (Wildman–Crippen LogP) is 5.12. The zero-order valence-corrected chi connectivity index (χ0v) is 24.0. The Morgan fingerprint density at radius 2 is 1.97 bits per heavy atom. The highest BCUT2D eigenvalue weighted by Gasteiger charge is 2.40. The summed E-state index contributed by atoms with van der Waals surface area (Å²) in [5.74, 6) is 1.22. The van der Waals surface area contributed by atoms with Gasteiger partial charge in [0.2, 0.25) is 11.8 Å². The number of benzene rings is 1. The van der Waals surface area contributed by atoms with E-state index in [0.29, 0.717) is 12.4 Å². The van der Waals surface area contributed by atoms with Gasteiger partial charge >= 0.3 is 0 Å². The van der Waals surface area contributed by atoms with Gasteiger partial charge in [-0.2, -0.15) is 16.4 Å². The second kappa shape index (κ2) is 11.2.